The Labute approximate surface area is 162 Å². The fourth-order valence-electron chi connectivity index (χ4n) is 2.30. The van der Waals surface area contributed by atoms with Gasteiger partial charge in [0, 0.05) is 17.1 Å². The third-order valence-electron chi connectivity index (χ3n) is 3.46. The van der Waals surface area contributed by atoms with E-state index in [0.717, 1.165) is 5.56 Å². The first-order valence-corrected chi connectivity index (χ1v) is 10.2. The van der Waals surface area contributed by atoms with E-state index in [9.17, 15) is 8.42 Å². The van der Waals surface area contributed by atoms with Crippen LogP contribution in [0.5, 0.6) is 17.2 Å². The molecule has 0 aliphatic carbocycles. The summed E-state index contributed by atoms with van der Waals surface area (Å²) < 4.78 is 44.4. The van der Waals surface area contributed by atoms with E-state index in [1.807, 2.05) is 38.1 Å². The molecule has 0 bridgehead atoms. The van der Waals surface area contributed by atoms with E-state index >= 15 is 0 Å². The van der Waals surface area contributed by atoms with Gasteiger partial charge < -0.3 is 14.2 Å². The molecular formula is C18H22BrNO5S. The Bertz CT molecular complexity index is 868. The molecule has 0 aromatic heterocycles. The van der Waals surface area contributed by atoms with E-state index in [2.05, 4.69) is 20.7 Å². The Morgan fingerprint density at radius 3 is 2.35 bits per heavy atom. The maximum Gasteiger partial charge on any atom is 0.242 e. The zero-order valence-corrected chi connectivity index (χ0v) is 17.5. The van der Waals surface area contributed by atoms with Gasteiger partial charge >= 0.3 is 0 Å². The molecule has 0 spiro atoms. The molecule has 142 valence electrons. The van der Waals surface area contributed by atoms with Crippen LogP contribution in [-0.2, 0) is 16.6 Å². The summed E-state index contributed by atoms with van der Waals surface area (Å²) in [5.74, 6) is 1.48. The highest BCUT2D eigenvalue weighted by atomic mass is 79.9. The second kappa shape index (κ2) is 8.75. The summed E-state index contributed by atoms with van der Waals surface area (Å²) in [5, 5.41) is 0. The molecule has 2 rings (SSSR count). The molecule has 26 heavy (non-hydrogen) atoms. The lowest BCUT2D eigenvalue weighted by molar-refractivity contribution is 0.242. The average Bonchev–Trinajstić information content (AvgIpc) is 2.59. The zero-order valence-electron chi connectivity index (χ0n) is 15.1. The first-order chi connectivity index (χ1) is 12.3. The van der Waals surface area contributed by atoms with Crippen molar-refractivity contribution in [2.24, 2.45) is 0 Å². The summed E-state index contributed by atoms with van der Waals surface area (Å²) in [6.45, 7) is 4.01. The smallest absolute Gasteiger partial charge is 0.242 e. The van der Waals surface area contributed by atoms with Crippen LogP contribution in [0.3, 0.4) is 0 Å². The van der Waals surface area contributed by atoms with Crippen molar-refractivity contribution in [3.63, 3.8) is 0 Å². The third-order valence-corrected chi connectivity index (χ3v) is 5.82. The molecule has 0 amide bonds. The van der Waals surface area contributed by atoms with Crippen LogP contribution in [0.25, 0.3) is 0 Å². The Morgan fingerprint density at radius 2 is 1.73 bits per heavy atom. The number of methoxy groups -OCH3 is 2. The number of rotatable bonds is 8. The molecule has 0 aliphatic rings. The number of hydrogen-bond donors (Lipinski definition) is 1. The predicted molar refractivity (Wildman–Crippen MR) is 103 cm³/mol. The van der Waals surface area contributed by atoms with Gasteiger partial charge in [0.25, 0.3) is 0 Å². The molecule has 0 fully saturated rings. The van der Waals surface area contributed by atoms with Gasteiger partial charge in [-0.25, -0.2) is 13.1 Å². The molecule has 0 radical (unpaired) electrons. The van der Waals surface area contributed by atoms with Gasteiger partial charge in [-0.3, -0.25) is 0 Å². The number of ether oxygens (including phenoxy) is 3. The lowest BCUT2D eigenvalue weighted by Crippen LogP contribution is -2.23. The van der Waals surface area contributed by atoms with E-state index in [1.54, 1.807) is 6.07 Å². The number of benzene rings is 2. The lowest BCUT2D eigenvalue weighted by Gasteiger charge is -2.14. The molecule has 0 aliphatic heterocycles. The van der Waals surface area contributed by atoms with Crippen LogP contribution >= 0.6 is 15.9 Å². The van der Waals surface area contributed by atoms with Gasteiger partial charge in [0.1, 0.15) is 10.6 Å². The van der Waals surface area contributed by atoms with Gasteiger partial charge in [0.05, 0.1) is 20.3 Å². The van der Waals surface area contributed by atoms with Crippen LogP contribution in [0.2, 0.25) is 0 Å². The van der Waals surface area contributed by atoms with E-state index in [0.29, 0.717) is 21.7 Å². The maximum absolute atomic E-state index is 12.7. The van der Waals surface area contributed by atoms with Crippen molar-refractivity contribution in [3.8, 4) is 17.2 Å². The highest BCUT2D eigenvalue weighted by Gasteiger charge is 2.21. The number of halogens is 1. The molecule has 0 saturated heterocycles. The van der Waals surface area contributed by atoms with Gasteiger partial charge in [-0.2, -0.15) is 0 Å². The van der Waals surface area contributed by atoms with E-state index in [1.165, 1.54) is 20.3 Å². The Balaban J connectivity index is 2.22. The van der Waals surface area contributed by atoms with Gasteiger partial charge in [-0.15, -0.1) is 0 Å². The largest absolute Gasteiger partial charge is 0.493 e. The normalized spacial score (nSPS) is 11.5. The number of sulfonamides is 1. The summed E-state index contributed by atoms with van der Waals surface area (Å²) in [6.07, 6.45) is 0.0460. The van der Waals surface area contributed by atoms with Crippen LogP contribution in [0.1, 0.15) is 19.4 Å². The molecule has 8 heteroatoms. The van der Waals surface area contributed by atoms with Crippen LogP contribution in [0.4, 0.5) is 0 Å². The van der Waals surface area contributed by atoms with Crippen molar-refractivity contribution in [2.75, 3.05) is 14.2 Å². The maximum atomic E-state index is 12.7. The summed E-state index contributed by atoms with van der Waals surface area (Å²) in [7, 11) is -0.813. The van der Waals surface area contributed by atoms with Crippen molar-refractivity contribution in [1.29, 1.82) is 0 Å². The summed E-state index contributed by atoms with van der Waals surface area (Å²) >= 11 is 3.28. The van der Waals surface area contributed by atoms with Crippen molar-refractivity contribution >= 4 is 26.0 Å². The minimum absolute atomic E-state index is 0.0460. The van der Waals surface area contributed by atoms with Crippen molar-refractivity contribution in [2.45, 2.75) is 31.4 Å². The molecule has 2 aromatic rings. The van der Waals surface area contributed by atoms with Crippen molar-refractivity contribution in [1.82, 2.24) is 4.72 Å². The number of hydrogen-bond acceptors (Lipinski definition) is 5. The minimum Gasteiger partial charge on any atom is -0.493 e. The van der Waals surface area contributed by atoms with Crippen LogP contribution in [0.15, 0.2) is 45.8 Å². The van der Waals surface area contributed by atoms with Crippen LogP contribution in [-0.4, -0.2) is 28.7 Å². The van der Waals surface area contributed by atoms with Gasteiger partial charge in [0.15, 0.2) is 11.5 Å². The first kappa shape index (κ1) is 20.5. The fourth-order valence-corrected chi connectivity index (χ4v) is 4.35. The van der Waals surface area contributed by atoms with Gasteiger partial charge in [-0.1, -0.05) is 12.1 Å². The summed E-state index contributed by atoms with van der Waals surface area (Å²) in [5.41, 5.74) is 0.795. The monoisotopic (exact) mass is 443 g/mol. The Hall–Kier alpha value is -1.77. The molecular weight excluding hydrogens is 422 g/mol. The quantitative estimate of drug-likeness (QED) is 0.672. The molecule has 2 aromatic carbocycles. The van der Waals surface area contributed by atoms with Crippen molar-refractivity contribution in [3.05, 3.63) is 46.4 Å². The number of nitrogens with one attached hydrogen (secondary N) is 1. The second-order valence-corrected chi connectivity index (χ2v) is 8.37. The standard InChI is InChI=1S/C18H22BrNO5S/c1-12(2)25-14-7-5-6-13(8-14)11-20-26(21,22)18-10-17(24-4)16(23-3)9-15(18)19/h5-10,12,20H,11H2,1-4H3. The SMILES string of the molecule is COc1cc(Br)c(S(=O)(=O)NCc2cccc(OC(C)C)c2)cc1OC. The average molecular weight is 444 g/mol. The van der Waals surface area contributed by atoms with Crippen LogP contribution < -0.4 is 18.9 Å². The Morgan fingerprint density at radius 1 is 1.08 bits per heavy atom. The predicted octanol–water partition coefficient (Wildman–Crippen LogP) is 3.73. The fraction of sp³-hybridized carbons (Fsp3) is 0.333. The topological polar surface area (TPSA) is 73.9 Å². The molecule has 0 saturated carbocycles. The van der Waals surface area contributed by atoms with Crippen LogP contribution in [0, 0.1) is 0 Å². The third kappa shape index (κ3) is 5.12. The minimum atomic E-state index is -3.76. The lowest BCUT2D eigenvalue weighted by atomic mass is 10.2. The van der Waals surface area contributed by atoms with Gasteiger partial charge in [-0.05, 0) is 53.5 Å². The molecule has 0 atom stereocenters. The first-order valence-electron chi connectivity index (χ1n) is 7.93. The molecule has 6 nitrogen and oxygen atoms in total. The van der Waals surface area contributed by atoms with Gasteiger partial charge in [0.2, 0.25) is 10.0 Å². The van der Waals surface area contributed by atoms with E-state index in [4.69, 9.17) is 14.2 Å². The molecule has 0 heterocycles. The molecule has 1 N–H and O–H groups in total. The van der Waals surface area contributed by atoms with Crippen molar-refractivity contribution < 1.29 is 22.6 Å². The van der Waals surface area contributed by atoms with E-state index < -0.39 is 10.0 Å². The molecule has 0 unspecified atom stereocenters. The second-order valence-electron chi connectivity index (χ2n) is 5.78. The zero-order chi connectivity index (χ0) is 19.3. The highest BCUT2D eigenvalue weighted by molar-refractivity contribution is 9.10. The summed E-state index contributed by atoms with van der Waals surface area (Å²) in [4.78, 5) is 0.0738. The summed E-state index contributed by atoms with van der Waals surface area (Å²) in [6, 6.07) is 10.3. The van der Waals surface area contributed by atoms with E-state index in [-0.39, 0.29) is 17.5 Å². The highest BCUT2D eigenvalue weighted by Crippen LogP contribution is 2.35. The Kier molecular flexibility index (Phi) is 6.91.